The lowest BCUT2D eigenvalue weighted by Crippen LogP contribution is -2.46. The van der Waals surface area contributed by atoms with E-state index in [0.29, 0.717) is 11.5 Å². The molecule has 5 rings (SSSR count). The SMILES string of the molecule is C[C@H]1CCN1c1nc2c(c(-c3ccccc3)n1)CC1(CC1)C2. The molecule has 2 aromatic rings. The van der Waals surface area contributed by atoms with Crippen LogP contribution in [0.15, 0.2) is 30.3 Å². The highest BCUT2D eigenvalue weighted by molar-refractivity contribution is 5.67. The van der Waals surface area contributed by atoms with Gasteiger partial charge in [-0.05, 0) is 44.4 Å². The van der Waals surface area contributed by atoms with E-state index in [-0.39, 0.29) is 0 Å². The summed E-state index contributed by atoms with van der Waals surface area (Å²) in [5.74, 6) is 0.953. The Morgan fingerprint density at radius 1 is 1.09 bits per heavy atom. The number of benzene rings is 1. The Balaban J connectivity index is 1.66. The number of aromatic nitrogens is 2. The fourth-order valence-corrected chi connectivity index (χ4v) is 3.95. The van der Waals surface area contributed by atoms with E-state index in [1.54, 1.807) is 0 Å². The predicted octanol–water partition coefficient (Wildman–Crippen LogP) is 3.62. The molecule has 2 heterocycles. The van der Waals surface area contributed by atoms with Crippen molar-refractivity contribution < 1.29 is 0 Å². The second-order valence-corrected chi connectivity index (χ2v) is 7.35. The third-order valence-corrected chi connectivity index (χ3v) is 5.76. The van der Waals surface area contributed by atoms with Crippen LogP contribution in [0.4, 0.5) is 5.95 Å². The first-order chi connectivity index (χ1) is 10.7. The molecule has 1 aliphatic heterocycles. The molecule has 0 amide bonds. The Kier molecular flexibility index (Phi) is 2.47. The van der Waals surface area contributed by atoms with Gasteiger partial charge in [-0.1, -0.05) is 30.3 Å². The first-order valence-electron chi connectivity index (χ1n) is 8.46. The molecule has 0 bridgehead atoms. The summed E-state index contributed by atoms with van der Waals surface area (Å²) in [7, 11) is 0. The van der Waals surface area contributed by atoms with Crippen LogP contribution in [-0.4, -0.2) is 22.6 Å². The van der Waals surface area contributed by atoms with Crippen LogP contribution in [0.1, 0.15) is 37.4 Å². The van der Waals surface area contributed by atoms with E-state index in [1.165, 1.54) is 54.6 Å². The molecule has 0 N–H and O–H groups in total. The Labute approximate surface area is 131 Å². The standard InChI is InChI=1S/C19H21N3/c1-13-7-10-22(13)18-20-16-12-19(8-9-19)11-15(16)17(21-18)14-5-3-2-4-6-14/h2-6,13H,7-12H2,1H3/t13-/m0/s1. The number of hydrogen-bond acceptors (Lipinski definition) is 3. The smallest absolute Gasteiger partial charge is 0.226 e. The summed E-state index contributed by atoms with van der Waals surface area (Å²) in [5, 5.41) is 0. The van der Waals surface area contributed by atoms with Crippen molar-refractivity contribution in [2.45, 2.75) is 45.1 Å². The number of anilines is 1. The minimum atomic E-state index is 0.541. The van der Waals surface area contributed by atoms with Crippen molar-refractivity contribution in [1.29, 1.82) is 0 Å². The third-order valence-electron chi connectivity index (χ3n) is 5.76. The van der Waals surface area contributed by atoms with Crippen LogP contribution in [0.5, 0.6) is 0 Å². The molecule has 1 aromatic heterocycles. The van der Waals surface area contributed by atoms with Crippen LogP contribution in [0, 0.1) is 5.41 Å². The molecule has 0 unspecified atom stereocenters. The number of rotatable bonds is 2. The first kappa shape index (κ1) is 12.6. The van der Waals surface area contributed by atoms with Crippen LogP contribution in [-0.2, 0) is 12.8 Å². The lowest BCUT2D eigenvalue weighted by atomic mass is 10.0. The van der Waals surface area contributed by atoms with Gasteiger partial charge in [0.05, 0.1) is 11.4 Å². The fraction of sp³-hybridized carbons (Fsp3) is 0.474. The van der Waals surface area contributed by atoms with Crippen molar-refractivity contribution in [3.05, 3.63) is 41.6 Å². The topological polar surface area (TPSA) is 29.0 Å². The minimum Gasteiger partial charge on any atom is -0.338 e. The molecule has 2 aliphatic carbocycles. The van der Waals surface area contributed by atoms with Gasteiger partial charge in [-0.3, -0.25) is 0 Å². The summed E-state index contributed by atoms with van der Waals surface area (Å²) in [4.78, 5) is 12.3. The van der Waals surface area contributed by atoms with Crippen LogP contribution in [0.2, 0.25) is 0 Å². The van der Waals surface area contributed by atoms with Gasteiger partial charge in [0.2, 0.25) is 5.95 Å². The van der Waals surface area contributed by atoms with E-state index in [2.05, 4.69) is 42.2 Å². The van der Waals surface area contributed by atoms with Crippen molar-refractivity contribution in [1.82, 2.24) is 9.97 Å². The second-order valence-electron chi connectivity index (χ2n) is 7.35. The van der Waals surface area contributed by atoms with Gasteiger partial charge >= 0.3 is 0 Å². The molecule has 1 atom stereocenters. The highest BCUT2D eigenvalue weighted by Crippen LogP contribution is 2.56. The monoisotopic (exact) mass is 291 g/mol. The molecule has 1 saturated carbocycles. The zero-order valence-electron chi connectivity index (χ0n) is 13.0. The quantitative estimate of drug-likeness (QED) is 0.846. The molecule has 3 heteroatoms. The molecule has 2 fully saturated rings. The normalized spacial score (nSPS) is 24.2. The lowest BCUT2D eigenvalue weighted by Gasteiger charge is -2.39. The van der Waals surface area contributed by atoms with Gasteiger partial charge in [0, 0.05) is 23.7 Å². The largest absolute Gasteiger partial charge is 0.338 e. The Bertz CT molecular complexity index is 734. The van der Waals surface area contributed by atoms with Gasteiger partial charge in [0.25, 0.3) is 0 Å². The molecule has 1 spiro atoms. The van der Waals surface area contributed by atoms with Gasteiger partial charge in [-0.2, -0.15) is 0 Å². The molecule has 1 aromatic carbocycles. The van der Waals surface area contributed by atoms with Crippen molar-refractivity contribution in [3.8, 4) is 11.3 Å². The zero-order valence-corrected chi connectivity index (χ0v) is 13.0. The van der Waals surface area contributed by atoms with Crippen LogP contribution in [0.25, 0.3) is 11.3 Å². The van der Waals surface area contributed by atoms with Gasteiger partial charge in [0.15, 0.2) is 0 Å². The Morgan fingerprint density at radius 2 is 1.91 bits per heavy atom. The summed E-state index contributed by atoms with van der Waals surface area (Å²) in [6, 6.07) is 11.2. The van der Waals surface area contributed by atoms with Crippen molar-refractivity contribution in [2.75, 3.05) is 11.4 Å². The van der Waals surface area contributed by atoms with Crippen LogP contribution < -0.4 is 4.90 Å². The number of hydrogen-bond donors (Lipinski definition) is 0. The van der Waals surface area contributed by atoms with E-state index in [4.69, 9.17) is 9.97 Å². The Morgan fingerprint density at radius 3 is 2.55 bits per heavy atom. The summed E-state index contributed by atoms with van der Waals surface area (Å²) in [6.45, 7) is 3.37. The second kappa shape index (κ2) is 4.31. The minimum absolute atomic E-state index is 0.541. The molecule has 0 radical (unpaired) electrons. The van der Waals surface area contributed by atoms with E-state index >= 15 is 0 Å². The van der Waals surface area contributed by atoms with E-state index in [0.717, 1.165) is 12.5 Å². The molecule has 3 nitrogen and oxygen atoms in total. The maximum Gasteiger partial charge on any atom is 0.226 e. The van der Waals surface area contributed by atoms with Crippen molar-refractivity contribution in [2.24, 2.45) is 5.41 Å². The number of fused-ring (bicyclic) bond motifs is 1. The van der Waals surface area contributed by atoms with Crippen LogP contribution >= 0.6 is 0 Å². The van der Waals surface area contributed by atoms with Gasteiger partial charge in [-0.25, -0.2) is 9.97 Å². The molecule has 3 aliphatic rings. The molecule has 22 heavy (non-hydrogen) atoms. The maximum atomic E-state index is 5.00. The summed E-state index contributed by atoms with van der Waals surface area (Å²) >= 11 is 0. The third kappa shape index (κ3) is 1.81. The van der Waals surface area contributed by atoms with Gasteiger partial charge in [-0.15, -0.1) is 0 Å². The lowest BCUT2D eigenvalue weighted by molar-refractivity contribution is 0.469. The number of nitrogens with zero attached hydrogens (tertiary/aromatic N) is 3. The van der Waals surface area contributed by atoms with Crippen molar-refractivity contribution in [3.63, 3.8) is 0 Å². The summed E-state index contributed by atoms with van der Waals surface area (Å²) in [5.41, 5.74) is 5.71. The summed E-state index contributed by atoms with van der Waals surface area (Å²) in [6.07, 6.45) is 6.34. The van der Waals surface area contributed by atoms with Crippen LogP contribution in [0.3, 0.4) is 0 Å². The highest BCUT2D eigenvalue weighted by Gasteiger charge is 2.49. The zero-order chi connectivity index (χ0) is 14.7. The van der Waals surface area contributed by atoms with E-state index < -0.39 is 0 Å². The first-order valence-corrected chi connectivity index (χ1v) is 8.46. The fourth-order valence-electron chi connectivity index (χ4n) is 3.95. The average molecular weight is 291 g/mol. The maximum absolute atomic E-state index is 5.00. The van der Waals surface area contributed by atoms with Gasteiger partial charge in [0.1, 0.15) is 0 Å². The highest BCUT2D eigenvalue weighted by atomic mass is 15.3. The van der Waals surface area contributed by atoms with Gasteiger partial charge < -0.3 is 4.90 Å². The molecular weight excluding hydrogens is 270 g/mol. The predicted molar refractivity (Wildman–Crippen MR) is 88.0 cm³/mol. The van der Waals surface area contributed by atoms with E-state index in [9.17, 15) is 0 Å². The summed E-state index contributed by atoms with van der Waals surface area (Å²) < 4.78 is 0. The molecular formula is C19H21N3. The van der Waals surface area contributed by atoms with E-state index in [1.807, 2.05) is 0 Å². The average Bonchev–Trinajstić information content (AvgIpc) is 3.16. The molecule has 112 valence electrons. The Hall–Kier alpha value is -1.90. The van der Waals surface area contributed by atoms with Crippen molar-refractivity contribution >= 4 is 5.95 Å². The molecule has 1 saturated heterocycles.